The molecule has 0 saturated carbocycles. The summed E-state index contributed by atoms with van der Waals surface area (Å²) in [4.78, 5) is 0. The molecule has 0 bridgehead atoms. The van der Waals surface area contributed by atoms with Gasteiger partial charge in [-0.3, -0.25) is 0 Å². The van der Waals surface area contributed by atoms with Crippen molar-refractivity contribution in [2.75, 3.05) is 0 Å². The number of rotatable bonds is 0. The standard InChI is InChI=1S/C5H5O.Ru.3H/c6-5-3-1-2-4-5;;;;/h1,3,6H,2H2;;;;/q-1;+4;3*-1. The second kappa shape index (κ2) is 2.98. The van der Waals surface area contributed by atoms with Crippen LogP contribution in [-0.2, 0) is 19.5 Å². The summed E-state index contributed by atoms with van der Waals surface area (Å²) < 4.78 is 0. The molecule has 0 heterocycles. The zero-order valence-corrected chi connectivity index (χ0v) is 5.40. The van der Waals surface area contributed by atoms with Crippen molar-refractivity contribution in [1.82, 2.24) is 0 Å². The predicted molar refractivity (Wildman–Crippen MR) is 26.5 cm³/mol. The molecule has 0 spiro atoms. The maximum Gasteiger partial charge on any atom is 4.00 e. The van der Waals surface area contributed by atoms with Crippen molar-refractivity contribution in [1.29, 1.82) is 0 Å². The van der Waals surface area contributed by atoms with Crippen LogP contribution in [0.2, 0.25) is 0 Å². The molecule has 0 fully saturated rings. The molecule has 0 saturated heterocycles. The minimum atomic E-state index is 0. The summed E-state index contributed by atoms with van der Waals surface area (Å²) in [5.41, 5.74) is 0. The van der Waals surface area contributed by atoms with Crippen LogP contribution in [0.1, 0.15) is 10.7 Å². The van der Waals surface area contributed by atoms with Crippen LogP contribution in [0, 0.1) is 6.08 Å². The third-order valence-electron chi connectivity index (χ3n) is 0.677. The Balaban J connectivity index is -0.0000000450. The van der Waals surface area contributed by atoms with E-state index in [1.807, 2.05) is 6.08 Å². The third kappa shape index (κ3) is 1.89. The second-order valence-corrected chi connectivity index (χ2v) is 1.17. The van der Waals surface area contributed by atoms with Gasteiger partial charge in [-0.2, -0.15) is 12.2 Å². The smallest absolute Gasteiger partial charge is 1.00 e. The van der Waals surface area contributed by atoms with Crippen molar-refractivity contribution >= 4 is 0 Å². The Morgan fingerprint density at radius 3 is 2.71 bits per heavy atom. The van der Waals surface area contributed by atoms with Gasteiger partial charge in [-0.25, -0.2) is 6.08 Å². The van der Waals surface area contributed by atoms with Gasteiger partial charge in [0.1, 0.15) is 0 Å². The van der Waals surface area contributed by atoms with Gasteiger partial charge in [-0.15, -0.1) is 6.42 Å². The molecule has 1 nitrogen and oxygen atoms in total. The Kier molecular flexibility index (Phi) is 2.94. The average molecular weight is 185 g/mol. The van der Waals surface area contributed by atoms with Gasteiger partial charge in [0.05, 0.1) is 0 Å². The summed E-state index contributed by atoms with van der Waals surface area (Å²) in [6.07, 6.45) is 6.95. The van der Waals surface area contributed by atoms with E-state index in [1.54, 1.807) is 6.08 Å². The first kappa shape index (κ1) is 6.90. The summed E-state index contributed by atoms with van der Waals surface area (Å²) in [5, 5.41) is 8.45. The Hall–Kier alpha value is -0.0966. The number of hydrogen-bond donors (Lipinski definition) is 1. The molecule has 1 aliphatic carbocycles. The van der Waals surface area contributed by atoms with Crippen LogP contribution >= 0.6 is 0 Å². The van der Waals surface area contributed by atoms with Gasteiger partial charge < -0.3 is 9.39 Å². The van der Waals surface area contributed by atoms with E-state index in [9.17, 15) is 0 Å². The summed E-state index contributed by atoms with van der Waals surface area (Å²) in [7, 11) is 0. The molecule has 0 aromatic carbocycles. The topological polar surface area (TPSA) is 20.2 Å². The van der Waals surface area contributed by atoms with Crippen LogP contribution in [0.4, 0.5) is 0 Å². The van der Waals surface area contributed by atoms with Gasteiger partial charge in [0.25, 0.3) is 0 Å². The Morgan fingerprint density at radius 2 is 2.57 bits per heavy atom. The van der Waals surface area contributed by atoms with Gasteiger partial charge in [0.15, 0.2) is 0 Å². The van der Waals surface area contributed by atoms with Crippen LogP contribution in [0.3, 0.4) is 0 Å². The van der Waals surface area contributed by atoms with E-state index in [0.29, 0.717) is 0 Å². The molecular formula is C5H8ORu. The molecule has 0 radical (unpaired) electrons. The third-order valence-corrected chi connectivity index (χ3v) is 0.677. The maximum atomic E-state index is 8.45. The normalized spacial score (nSPS) is 15.7. The van der Waals surface area contributed by atoms with E-state index in [0.717, 1.165) is 6.42 Å². The Morgan fingerprint density at radius 1 is 1.86 bits per heavy atom. The van der Waals surface area contributed by atoms with Crippen LogP contribution in [0.25, 0.3) is 0 Å². The molecule has 0 amide bonds. The molecule has 0 atom stereocenters. The largest absolute Gasteiger partial charge is 4.00 e. The number of hydrogen-bond acceptors (Lipinski definition) is 1. The molecule has 1 rings (SSSR count). The fourth-order valence-electron chi connectivity index (χ4n) is 0.393. The molecule has 7 heavy (non-hydrogen) atoms. The second-order valence-electron chi connectivity index (χ2n) is 1.17. The summed E-state index contributed by atoms with van der Waals surface area (Å²) in [5.74, 6) is 0.273. The van der Waals surface area contributed by atoms with Crippen molar-refractivity contribution in [3.8, 4) is 0 Å². The maximum absolute atomic E-state index is 8.45. The first-order valence-corrected chi connectivity index (χ1v) is 1.86. The zero-order valence-electron chi connectivity index (χ0n) is 6.66. The van der Waals surface area contributed by atoms with Crippen molar-refractivity contribution in [3.05, 3.63) is 24.0 Å². The van der Waals surface area contributed by atoms with Gasteiger partial charge in [0.2, 0.25) is 0 Å². The molecule has 1 aliphatic rings. The van der Waals surface area contributed by atoms with Gasteiger partial charge in [-0.05, 0) is 0 Å². The number of aliphatic hydroxyl groups excluding tert-OH is 1. The van der Waals surface area contributed by atoms with Gasteiger partial charge >= 0.3 is 19.5 Å². The van der Waals surface area contributed by atoms with E-state index in [1.165, 1.54) is 0 Å². The van der Waals surface area contributed by atoms with E-state index >= 15 is 0 Å². The minimum Gasteiger partial charge on any atom is -1.00 e. The minimum absolute atomic E-state index is 0. The zero-order chi connectivity index (χ0) is 4.41. The fourth-order valence-corrected chi connectivity index (χ4v) is 0.393. The van der Waals surface area contributed by atoms with Gasteiger partial charge in [0, 0.05) is 0 Å². The number of allylic oxidation sites excluding steroid dienone is 3. The predicted octanol–water partition coefficient (Wildman–Crippen LogP) is 1.53. The monoisotopic (exact) mass is 186 g/mol. The molecule has 2 heteroatoms. The van der Waals surface area contributed by atoms with E-state index in [4.69, 9.17) is 5.11 Å². The van der Waals surface area contributed by atoms with Crippen molar-refractivity contribution in [2.24, 2.45) is 0 Å². The number of aliphatic hydroxyl groups is 1. The Labute approximate surface area is 59.9 Å². The van der Waals surface area contributed by atoms with Crippen molar-refractivity contribution < 1.29 is 28.9 Å². The molecule has 0 unspecified atom stereocenters. The quantitative estimate of drug-likeness (QED) is 0.448. The van der Waals surface area contributed by atoms with Crippen LogP contribution < -0.4 is 0 Å². The van der Waals surface area contributed by atoms with Gasteiger partial charge in [-0.1, -0.05) is 5.76 Å². The van der Waals surface area contributed by atoms with E-state index in [-0.39, 0.29) is 29.5 Å². The summed E-state index contributed by atoms with van der Waals surface area (Å²) in [6.45, 7) is 0. The molecule has 42 valence electrons. The van der Waals surface area contributed by atoms with Crippen LogP contribution in [0.15, 0.2) is 17.9 Å². The van der Waals surface area contributed by atoms with E-state index < -0.39 is 0 Å². The summed E-state index contributed by atoms with van der Waals surface area (Å²) in [6, 6.07) is 0. The van der Waals surface area contributed by atoms with Crippen molar-refractivity contribution in [3.63, 3.8) is 0 Å². The average Bonchev–Trinajstić information content (AvgIpc) is 1.86. The molecule has 1 N–H and O–H groups in total. The molecule has 0 aliphatic heterocycles. The summed E-state index contributed by atoms with van der Waals surface area (Å²) >= 11 is 0. The molecule has 0 aromatic rings. The first-order valence-electron chi connectivity index (χ1n) is 1.86. The fraction of sp³-hybridized carbons (Fsp3) is 0.200. The van der Waals surface area contributed by atoms with Crippen LogP contribution in [-0.4, -0.2) is 5.11 Å². The molecular weight excluding hydrogens is 177 g/mol. The van der Waals surface area contributed by atoms with Crippen molar-refractivity contribution in [2.45, 2.75) is 6.42 Å². The SMILES string of the molecule is OC1=[C-]CC=C1.[H-].[H-].[H-].[Ru+4]. The molecule has 0 aromatic heterocycles. The first-order chi connectivity index (χ1) is 2.89. The van der Waals surface area contributed by atoms with E-state index in [2.05, 4.69) is 6.08 Å². The Bertz CT molecular complexity index is 111. The van der Waals surface area contributed by atoms with Crippen LogP contribution in [0.5, 0.6) is 0 Å².